The molecular formula is C14H13ClN2O2. The summed E-state index contributed by atoms with van der Waals surface area (Å²) in [6, 6.07) is 10.0. The molecule has 0 atom stereocenters. The zero-order chi connectivity index (χ0) is 14.0. The third kappa shape index (κ3) is 2.98. The summed E-state index contributed by atoms with van der Waals surface area (Å²) in [5.74, 6) is 0.291. The lowest BCUT2D eigenvalue weighted by atomic mass is 10.2. The summed E-state index contributed by atoms with van der Waals surface area (Å²) in [6.45, 7) is 1.92. The van der Waals surface area contributed by atoms with E-state index in [4.69, 9.17) is 27.8 Å². The summed E-state index contributed by atoms with van der Waals surface area (Å²) < 4.78 is 5.65. The van der Waals surface area contributed by atoms with Crippen LogP contribution in [0.15, 0.2) is 36.4 Å². The van der Waals surface area contributed by atoms with E-state index in [1.807, 2.05) is 13.0 Å². The summed E-state index contributed by atoms with van der Waals surface area (Å²) in [7, 11) is 0. The zero-order valence-electron chi connectivity index (χ0n) is 10.3. The van der Waals surface area contributed by atoms with E-state index in [1.54, 1.807) is 24.3 Å². The standard InChI is InChI=1S/C14H13ClN2O2/c1-8-2-4-10(15)12(6-8)19-13-7-9(14(17)18)3-5-11(13)16/h2-7H,16H2,1H3,(H2,17,18). The van der Waals surface area contributed by atoms with Gasteiger partial charge in [0, 0.05) is 5.56 Å². The van der Waals surface area contributed by atoms with E-state index in [0.717, 1.165) is 5.56 Å². The van der Waals surface area contributed by atoms with Crippen LogP contribution < -0.4 is 16.2 Å². The lowest BCUT2D eigenvalue weighted by Crippen LogP contribution is -2.11. The van der Waals surface area contributed by atoms with E-state index in [-0.39, 0.29) is 0 Å². The van der Waals surface area contributed by atoms with Gasteiger partial charge in [-0.15, -0.1) is 0 Å². The van der Waals surface area contributed by atoms with E-state index in [2.05, 4.69) is 0 Å². The summed E-state index contributed by atoms with van der Waals surface area (Å²) in [5.41, 5.74) is 12.8. The Kier molecular flexibility index (Phi) is 3.62. The van der Waals surface area contributed by atoms with Gasteiger partial charge in [-0.3, -0.25) is 4.79 Å². The van der Waals surface area contributed by atoms with Crippen molar-refractivity contribution in [1.29, 1.82) is 0 Å². The third-order valence-corrected chi connectivity index (χ3v) is 2.92. The molecule has 0 aliphatic carbocycles. The molecule has 2 aromatic rings. The molecule has 2 aromatic carbocycles. The van der Waals surface area contributed by atoms with Crippen molar-refractivity contribution >= 4 is 23.2 Å². The van der Waals surface area contributed by atoms with Gasteiger partial charge in [-0.1, -0.05) is 17.7 Å². The Hall–Kier alpha value is -2.20. The first-order valence-corrected chi connectivity index (χ1v) is 5.98. The van der Waals surface area contributed by atoms with Crippen LogP contribution in [0.4, 0.5) is 5.69 Å². The van der Waals surface area contributed by atoms with E-state index in [1.165, 1.54) is 6.07 Å². The minimum absolute atomic E-state index is 0.327. The number of rotatable bonds is 3. The number of halogens is 1. The van der Waals surface area contributed by atoms with Crippen LogP contribution in [-0.4, -0.2) is 5.91 Å². The highest BCUT2D eigenvalue weighted by atomic mass is 35.5. The minimum atomic E-state index is -0.541. The van der Waals surface area contributed by atoms with Gasteiger partial charge in [0.2, 0.25) is 5.91 Å². The molecule has 4 nitrogen and oxygen atoms in total. The fourth-order valence-electron chi connectivity index (χ4n) is 1.58. The molecule has 0 aliphatic heterocycles. The Balaban J connectivity index is 2.40. The summed E-state index contributed by atoms with van der Waals surface area (Å²) >= 11 is 6.04. The number of amides is 1. The SMILES string of the molecule is Cc1ccc(Cl)c(Oc2cc(C(N)=O)ccc2N)c1. The molecule has 98 valence electrons. The van der Waals surface area contributed by atoms with Gasteiger partial charge in [0.25, 0.3) is 0 Å². The van der Waals surface area contributed by atoms with E-state index < -0.39 is 5.91 Å². The van der Waals surface area contributed by atoms with Gasteiger partial charge in [-0.05, 0) is 42.8 Å². The van der Waals surface area contributed by atoms with Crippen LogP contribution in [-0.2, 0) is 0 Å². The van der Waals surface area contributed by atoms with Gasteiger partial charge in [0.1, 0.15) is 5.75 Å². The number of nitrogen functional groups attached to an aromatic ring is 1. The van der Waals surface area contributed by atoms with Gasteiger partial charge in [0.05, 0.1) is 10.7 Å². The molecule has 0 bridgehead atoms. The van der Waals surface area contributed by atoms with E-state index >= 15 is 0 Å². The monoisotopic (exact) mass is 276 g/mol. The van der Waals surface area contributed by atoms with Crippen LogP contribution >= 0.6 is 11.6 Å². The van der Waals surface area contributed by atoms with Crippen molar-refractivity contribution in [3.8, 4) is 11.5 Å². The van der Waals surface area contributed by atoms with Crippen molar-refractivity contribution in [3.63, 3.8) is 0 Å². The first-order valence-electron chi connectivity index (χ1n) is 5.60. The number of ether oxygens (including phenoxy) is 1. The predicted octanol–water partition coefficient (Wildman–Crippen LogP) is 3.12. The second-order valence-corrected chi connectivity index (χ2v) is 4.56. The van der Waals surface area contributed by atoms with Crippen LogP contribution in [0.2, 0.25) is 5.02 Å². The lowest BCUT2D eigenvalue weighted by Gasteiger charge is -2.11. The van der Waals surface area contributed by atoms with Gasteiger partial charge in [0.15, 0.2) is 5.75 Å². The smallest absolute Gasteiger partial charge is 0.248 e. The highest BCUT2D eigenvalue weighted by Gasteiger charge is 2.09. The van der Waals surface area contributed by atoms with Crippen molar-refractivity contribution in [1.82, 2.24) is 0 Å². The highest BCUT2D eigenvalue weighted by molar-refractivity contribution is 6.32. The Morgan fingerprint density at radius 3 is 2.58 bits per heavy atom. The molecule has 0 heterocycles. The Bertz CT molecular complexity index is 641. The fourth-order valence-corrected chi connectivity index (χ4v) is 1.74. The van der Waals surface area contributed by atoms with Gasteiger partial charge < -0.3 is 16.2 Å². The van der Waals surface area contributed by atoms with Crippen LogP contribution in [0.3, 0.4) is 0 Å². The van der Waals surface area contributed by atoms with Crippen molar-refractivity contribution in [2.24, 2.45) is 5.73 Å². The second kappa shape index (κ2) is 5.20. The van der Waals surface area contributed by atoms with Crippen LogP contribution in [0.25, 0.3) is 0 Å². The zero-order valence-corrected chi connectivity index (χ0v) is 11.1. The Morgan fingerprint density at radius 2 is 1.89 bits per heavy atom. The molecule has 0 radical (unpaired) electrons. The normalized spacial score (nSPS) is 10.2. The summed E-state index contributed by atoms with van der Waals surface area (Å²) in [5, 5.41) is 0.467. The third-order valence-electron chi connectivity index (χ3n) is 2.60. The molecule has 4 N–H and O–H groups in total. The number of benzene rings is 2. The molecule has 0 fully saturated rings. The maximum absolute atomic E-state index is 11.1. The topological polar surface area (TPSA) is 78.3 Å². The molecule has 0 spiro atoms. The molecule has 0 aliphatic rings. The molecule has 5 heteroatoms. The summed E-state index contributed by atoms with van der Waals surface area (Å²) in [4.78, 5) is 11.1. The molecule has 0 unspecified atom stereocenters. The quantitative estimate of drug-likeness (QED) is 0.846. The van der Waals surface area contributed by atoms with Crippen molar-refractivity contribution in [3.05, 3.63) is 52.5 Å². The van der Waals surface area contributed by atoms with Crippen molar-refractivity contribution in [2.75, 3.05) is 5.73 Å². The first-order chi connectivity index (χ1) is 8.97. The van der Waals surface area contributed by atoms with Gasteiger partial charge >= 0.3 is 0 Å². The number of carbonyl (C=O) groups excluding carboxylic acids is 1. The van der Waals surface area contributed by atoms with Crippen molar-refractivity contribution < 1.29 is 9.53 Å². The number of hydrogen-bond donors (Lipinski definition) is 2. The molecule has 1 amide bonds. The van der Waals surface area contributed by atoms with Crippen LogP contribution in [0.5, 0.6) is 11.5 Å². The summed E-state index contributed by atoms with van der Waals surface area (Å²) in [6.07, 6.45) is 0. The number of carbonyl (C=O) groups is 1. The van der Waals surface area contributed by atoms with Crippen LogP contribution in [0, 0.1) is 6.92 Å². The molecule has 0 saturated carbocycles. The van der Waals surface area contributed by atoms with Crippen LogP contribution in [0.1, 0.15) is 15.9 Å². The number of anilines is 1. The molecule has 19 heavy (non-hydrogen) atoms. The molecule has 0 aromatic heterocycles. The van der Waals surface area contributed by atoms with Crippen molar-refractivity contribution in [2.45, 2.75) is 6.92 Å². The Labute approximate surface area is 115 Å². The number of primary amides is 1. The van der Waals surface area contributed by atoms with Gasteiger partial charge in [-0.25, -0.2) is 0 Å². The number of hydrogen-bond acceptors (Lipinski definition) is 3. The molecule has 0 saturated heterocycles. The predicted molar refractivity (Wildman–Crippen MR) is 75.6 cm³/mol. The maximum atomic E-state index is 11.1. The maximum Gasteiger partial charge on any atom is 0.248 e. The Morgan fingerprint density at radius 1 is 1.16 bits per heavy atom. The average molecular weight is 277 g/mol. The molecule has 2 rings (SSSR count). The largest absolute Gasteiger partial charge is 0.454 e. The molecular weight excluding hydrogens is 264 g/mol. The van der Waals surface area contributed by atoms with E-state index in [9.17, 15) is 4.79 Å². The minimum Gasteiger partial charge on any atom is -0.454 e. The first kappa shape index (κ1) is 13.2. The highest BCUT2D eigenvalue weighted by Crippen LogP contribution is 2.33. The second-order valence-electron chi connectivity index (χ2n) is 4.15. The average Bonchev–Trinajstić information content (AvgIpc) is 2.36. The number of nitrogens with two attached hydrogens (primary N) is 2. The number of aryl methyl sites for hydroxylation is 1. The lowest BCUT2D eigenvalue weighted by molar-refractivity contribution is 0.1000. The van der Waals surface area contributed by atoms with E-state index in [0.29, 0.717) is 27.8 Å². The fraction of sp³-hybridized carbons (Fsp3) is 0.0714. The van der Waals surface area contributed by atoms with Gasteiger partial charge in [-0.2, -0.15) is 0 Å².